The summed E-state index contributed by atoms with van der Waals surface area (Å²) in [7, 11) is 0. The number of imide groups is 2. The number of carbonyl (C=O) groups is 4. The molecule has 0 radical (unpaired) electrons. The number of anilines is 3. The van der Waals surface area contributed by atoms with Gasteiger partial charge in [-0.05, 0) is 84.7 Å². The largest absolute Gasteiger partial charge is 0.507 e. The minimum Gasteiger partial charge on any atom is -0.507 e. The molecule has 4 fully saturated rings. The predicted octanol–water partition coefficient (Wildman–Crippen LogP) is 6.88. The molecule has 0 bridgehead atoms. The fourth-order valence-electron chi connectivity index (χ4n) is 10.5. The molecule has 0 aromatic heterocycles. The molecule has 3 aliphatic heterocycles. The molecule has 1 saturated carbocycles. The van der Waals surface area contributed by atoms with Crippen LogP contribution < -0.4 is 15.2 Å². The number of nitrogens with zero attached hydrogens (tertiary/aromatic N) is 3. The number of hydrogen-bond acceptors (Lipinski definition) is 8. The molecule has 5 aromatic rings. The third kappa shape index (κ3) is 5.26. The van der Waals surface area contributed by atoms with E-state index in [1.54, 1.807) is 6.07 Å². The van der Waals surface area contributed by atoms with Crippen molar-refractivity contribution in [1.29, 1.82) is 0 Å². The summed E-state index contributed by atoms with van der Waals surface area (Å²) in [5.74, 6) is -4.63. The van der Waals surface area contributed by atoms with Gasteiger partial charge < -0.3 is 14.7 Å². The van der Waals surface area contributed by atoms with Gasteiger partial charge in [0.25, 0.3) is 11.8 Å². The first-order valence-electron chi connectivity index (χ1n) is 19.8. The van der Waals surface area contributed by atoms with Gasteiger partial charge in [-0.3, -0.25) is 29.5 Å². The average molecular weight is 759 g/mol. The number of morpholine rings is 1. The van der Waals surface area contributed by atoms with Gasteiger partial charge in [-0.1, -0.05) is 90.0 Å². The summed E-state index contributed by atoms with van der Waals surface area (Å²) in [4.78, 5) is 63.4. The first kappa shape index (κ1) is 35.2. The lowest BCUT2D eigenvalue weighted by atomic mass is 9.49. The lowest BCUT2D eigenvalue weighted by Crippen LogP contribution is -2.53. The maximum Gasteiger partial charge on any atom is 0.260 e. The van der Waals surface area contributed by atoms with E-state index in [9.17, 15) is 14.7 Å². The number of amides is 4. The van der Waals surface area contributed by atoms with Crippen molar-refractivity contribution < 1.29 is 29.0 Å². The summed E-state index contributed by atoms with van der Waals surface area (Å²) >= 11 is 0. The van der Waals surface area contributed by atoms with E-state index in [1.165, 1.54) is 9.91 Å². The molecule has 4 amide bonds. The number of rotatable bonds is 6. The van der Waals surface area contributed by atoms with E-state index < -0.39 is 35.0 Å². The van der Waals surface area contributed by atoms with E-state index in [0.29, 0.717) is 42.0 Å². The number of aromatic hydroxyl groups is 1. The second-order valence-corrected chi connectivity index (χ2v) is 15.9. The SMILES string of the molecule is Cc1ccc(NN2C(=O)C3CC4C(=CCC5C(=O)N(c6ccc(N7CCOCC7)cc6)C(=O)C54)C(c4ccc(O)c5ccccc45)C3(c3ccccc3)C2=O)cc1. The number of fused-ring (bicyclic) bond motifs is 5. The number of phenols is 1. The Bertz CT molecular complexity index is 2480. The van der Waals surface area contributed by atoms with Gasteiger partial charge in [0.05, 0.1) is 47.8 Å². The molecular formula is C47H42N4O6. The topological polar surface area (TPSA) is 119 Å². The average Bonchev–Trinajstić information content (AvgIpc) is 3.63. The van der Waals surface area contributed by atoms with Gasteiger partial charge in [-0.2, -0.15) is 5.01 Å². The fourth-order valence-corrected chi connectivity index (χ4v) is 10.5. The number of phenolic OH excluding ortho intramolecular Hbond substituents is 1. The Morgan fingerprint density at radius 2 is 1.40 bits per heavy atom. The minimum absolute atomic E-state index is 0.105. The molecule has 286 valence electrons. The van der Waals surface area contributed by atoms with Crippen LogP contribution in [0.15, 0.2) is 127 Å². The third-order valence-electron chi connectivity index (χ3n) is 13.1. The van der Waals surface area contributed by atoms with E-state index in [0.717, 1.165) is 40.9 Å². The molecule has 2 N–H and O–H groups in total. The van der Waals surface area contributed by atoms with Gasteiger partial charge in [0.1, 0.15) is 5.75 Å². The van der Waals surface area contributed by atoms with Gasteiger partial charge in [-0.25, -0.2) is 0 Å². The molecule has 6 unspecified atom stereocenters. The standard InChI is InChI=1S/C47H42N4O6/c1-28-11-13-30(14-12-28)48-51-44(54)39-27-38-36(19-20-37-41(38)45(55)50(43(37)53)32-17-15-31(16-18-32)49-23-25-57-26-24-49)42(47(39,46(51)56)29-7-3-2-4-8-29)35-21-22-40(52)34-10-6-5-9-33(34)35/h2-19,21-22,37-39,41-42,48,52H,20,23-27H2,1H3. The Morgan fingerprint density at radius 1 is 0.719 bits per heavy atom. The highest BCUT2D eigenvalue weighted by Crippen LogP contribution is 2.65. The van der Waals surface area contributed by atoms with Gasteiger partial charge in [-0.15, -0.1) is 0 Å². The Kier molecular flexibility index (Phi) is 8.30. The number of carbonyl (C=O) groups excluding carboxylic acids is 4. The molecule has 3 heterocycles. The van der Waals surface area contributed by atoms with Crippen LogP contribution in [0.25, 0.3) is 10.8 Å². The first-order valence-corrected chi connectivity index (χ1v) is 19.8. The second kappa shape index (κ2) is 13.4. The number of allylic oxidation sites excluding steroid dienone is 2. The van der Waals surface area contributed by atoms with Crippen molar-refractivity contribution in [3.8, 4) is 5.75 Å². The van der Waals surface area contributed by atoms with Gasteiger partial charge >= 0.3 is 0 Å². The molecule has 57 heavy (non-hydrogen) atoms. The maximum atomic E-state index is 15.6. The highest BCUT2D eigenvalue weighted by atomic mass is 16.5. The first-order chi connectivity index (χ1) is 27.8. The predicted molar refractivity (Wildman–Crippen MR) is 216 cm³/mol. The van der Waals surface area contributed by atoms with Crippen LogP contribution >= 0.6 is 0 Å². The molecule has 10 heteroatoms. The zero-order chi connectivity index (χ0) is 39.0. The van der Waals surface area contributed by atoms with Crippen molar-refractivity contribution in [2.75, 3.05) is 41.5 Å². The lowest BCUT2D eigenvalue weighted by Gasteiger charge is -2.51. The molecule has 5 aromatic carbocycles. The molecule has 3 saturated heterocycles. The van der Waals surface area contributed by atoms with Crippen molar-refractivity contribution in [2.45, 2.75) is 31.1 Å². The van der Waals surface area contributed by atoms with Crippen LogP contribution in [0.2, 0.25) is 0 Å². The van der Waals surface area contributed by atoms with Crippen molar-refractivity contribution in [1.82, 2.24) is 5.01 Å². The molecule has 0 spiro atoms. The Labute approximate surface area is 330 Å². The van der Waals surface area contributed by atoms with Crippen molar-refractivity contribution in [2.24, 2.45) is 23.7 Å². The Hall–Kier alpha value is -6.26. The van der Waals surface area contributed by atoms with Crippen LogP contribution in [0.5, 0.6) is 5.75 Å². The van der Waals surface area contributed by atoms with Crippen LogP contribution in [0.4, 0.5) is 17.1 Å². The third-order valence-corrected chi connectivity index (χ3v) is 13.1. The number of ether oxygens (including phenoxy) is 1. The number of nitrogens with one attached hydrogen (secondary N) is 1. The van der Waals surface area contributed by atoms with E-state index in [2.05, 4.69) is 16.4 Å². The van der Waals surface area contributed by atoms with Crippen LogP contribution in [0.1, 0.15) is 35.4 Å². The summed E-state index contributed by atoms with van der Waals surface area (Å²) in [6.45, 7) is 4.80. The molecular weight excluding hydrogens is 717 g/mol. The zero-order valence-electron chi connectivity index (χ0n) is 31.5. The van der Waals surface area contributed by atoms with Crippen molar-refractivity contribution >= 4 is 51.5 Å². The normalized spacial score (nSPS) is 27.0. The molecule has 5 aliphatic rings. The van der Waals surface area contributed by atoms with E-state index in [1.807, 2.05) is 116 Å². The monoisotopic (exact) mass is 758 g/mol. The summed E-state index contributed by atoms with van der Waals surface area (Å²) in [5.41, 5.74) is 7.26. The van der Waals surface area contributed by atoms with Gasteiger partial charge in [0, 0.05) is 30.1 Å². The van der Waals surface area contributed by atoms with Crippen LogP contribution in [-0.2, 0) is 29.3 Å². The number of benzene rings is 5. The molecule has 10 rings (SSSR count). The van der Waals surface area contributed by atoms with Gasteiger partial charge in [0.15, 0.2) is 0 Å². The summed E-state index contributed by atoms with van der Waals surface area (Å²) in [5, 5.41) is 13.6. The van der Waals surface area contributed by atoms with Crippen molar-refractivity contribution in [3.63, 3.8) is 0 Å². The van der Waals surface area contributed by atoms with Gasteiger partial charge in [0.2, 0.25) is 11.8 Å². The van der Waals surface area contributed by atoms with Crippen LogP contribution in [0.3, 0.4) is 0 Å². The second-order valence-electron chi connectivity index (χ2n) is 15.9. The zero-order valence-corrected chi connectivity index (χ0v) is 31.5. The molecule has 10 nitrogen and oxygen atoms in total. The minimum atomic E-state index is -1.41. The highest BCUT2D eigenvalue weighted by molar-refractivity contribution is 6.22. The van der Waals surface area contributed by atoms with E-state index in [-0.39, 0.29) is 35.8 Å². The van der Waals surface area contributed by atoms with Crippen LogP contribution in [-0.4, -0.2) is 60.0 Å². The smallest absolute Gasteiger partial charge is 0.260 e. The fraction of sp³-hybridized carbons (Fsp3) is 0.277. The Morgan fingerprint density at radius 3 is 2.14 bits per heavy atom. The van der Waals surface area contributed by atoms with Crippen molar-refractivity contribution in [3.05, 3.63) is 144 Å². The molecule has 6 atom stereocenters. The summed E-state index contributed by atoms with van der Waals surface area (Å²) in [6, 6.07) is 35.7. The van der Waals surface area contributed by atoms with E-state index in [4.69, 9.17) is 4.74 Å². The maximum absolute atomic E-state index is 15.6. The van der Waals surface area contributed by atoms with Crippen LogP contribution in [0, 0.1) is 30.6 Å². The lowest BCUT2D eigenvalue weighted by molar-refractivity contribution is -0.138. The summed E-state index contributed by atoms with van der Waals surface area (Å²) < 4.78 is 5.52. The number of hydrazine groups is 1. The Balaban J connectivity index is 1.12. The summed E-state index contributed by atoms with van der Waals surface area (Å²) in [6.07, 6.45) is 2.59. The highest BCUT2D eigenvalue weighted by Gasteiger charge is 2.70. The number of aryl methyl sites for hydroxylation is 1. The number of hydrogen-bond donors (Lipinski definition) is 2. The van der Waals surface area contributed by atoms with E-state index >= 15 is 9.59 Å². The quantitative estimate of drug-likeness (QED) is 0.142. The molecule has 2 aliphatic carbocycles.